The number of fused-ring (bicyclic) bond motifs is 1. The van der Waals surface area contributed by atoms with Gasteiger partial charge in [-0.2, -0.15) is 0 Å². The average molecular weight is 365 g/mol. The Morgan fingerprint density at radius 3 is 2.68 bits per heavy atom. The lowest BCUT2D eigenvalue weighted by Crippen LogP contribution is -2.46. The Labute approximate surface area is 150 Å². The van der Waals surface area contributed by atoms with Gasteiger partial charge in [-0.05, 0) is 42.2 Å². The molecule has 6 heteroatoms. The molecule has 1 heterocycles. The summed E-state index contributed by atoms with van der Waals surface area (Å²) in [7, 11) is -3.24. The van der Waals surface area contributed by atoms with Gasteiger partial charge in [0.05, 0.1) is 18.2 Å². The molecule has 0 aromatic heterocycles. The molecule has 2 aliphatic rings. The van der Waals surface area contributed by atoms with Crippen LogP contribution in [0.25, 0.3) is 0 Å². The van der Waals surface area contributed by atoms with E-state index in [1.54, 1.807) is 0 Å². The number of hydrogen-bond acceptors (Lipinski definition) is 3. The summed E-state index contributed by atoms with van der Waals surface area (Å²) >= 11 is 0. The molecule has 3 rings (SSSR count). The maximum atomic E-state index is 12.8. The second kappa shape index (κ2) is 6.72. The van der Waals surface area contributed by atoms with Crippen molar-refractivity contribution in [3.05, 3.63) is 35.4 Å². The molecule has 1 aromatic carbocycles. The van der Waals surface area contributed by atoms with Gasteiger partial charge in [0.15, 0.2) is 0 Å². The number of piperidine rings is 1. The summed E-state index contributed by atoms with van der Waals surface area (Å²) in [5.74, 6) is -0.279. The molecule has 1 N–H and O–H groups in total. The van der Waals surface area contributed by atoms with Gasteiger partial charge >= 0.3 is 0 Å². The molecule has 1 aliphatic carbocycles. The van der Waals surface area contributed by atoms with E-state index < -0.39 is 10.0 Å². The van der Waals surface area contributed by atoms with Gasteiger partial charge in [-0.15, -0.1) is 0 Å². The molecule has 25 heavy (non-hydrogen) atoms. The van der Waals surface area contributed by atoms with Gasteiger partial charge in [-0.1, -0.05) is 38.1 Å². The average Bonchev–Trinajstić information content (AvgIpc) is 2.57. The number of nitrogens with one attached hydrogen (secondary N) is 1. The van der Waals surface area contributed by atoms with E-state index in [-0.39, 0.29) is 23.3 Å². The Morgan fingerprint density at radius 1 is 1.24 bits per heavy atom. The number of sulfonamides is 1. The number of benzene rings is 1. The molecule has 0 saturated carbocycles. The second-order valence-corrected chi connectivity index (χ2v) is 10.0. The molecule has 2 atom stereocenters. The first-order chi connectivity index (χ1) is 11.7. The lowest BCUT2D eigenvalue weighted by atomic mass is 9.71. The third kappa shape index (κ3) is 3.90. The zero-order chi connectivity index (χ0) is 18.2. The van der Waals surface area contributed by atoms with Crippen molar-refractivity contribution in [2.24, 2.45) is 5.92 Å². The highest BCUT2D eigenvalue weighted by atomic mass is 32.2. The summed E-state index contributed by atoms with van der Waals surface area (Å²) in [6.07, 6.45) is 4.64. The monoisotopic (exact) mass is 364 g/mol. The van der Waals surface area contributed by atoms with E-state index in [4.69, 9.17) is 0 Å². The van der Waals surface area contributed by atoms with Crippen molar-refractivity contribution in [3.63, 3.8) is 0 Å². The first kappa shape index (κ1) is 18.4. The van der Waals surface area contributed by atoms with E-state index in [0.29, 0.717) is 13.1 Å². The Hall–Kier alpha value is -1.40. The molecule has 1 aliphatic heterocycles. The summed E-state index contributed by atoms with van der Waals surface area (Å²) in [6, 6.07) is 8.34. The molecule has 0 radical (unpaired) electrons. The first-order valence-electron chi connectivity index (χ1n) is 9.03. The summed E-state index contributed by atoms with van der Waals surface area (Å²) in [5, 5.41) is 3.19. The Balaban J connectivity index is 1.73. The third-order valence-corrected chi connectivity index (χ3v) is 6.93. The standard InChI is InChI=1S/C19H28N2O3S/c1-19(2)11-10-17(15-8-4-5-9-16(15)19)20-18(22)14-7-6-12-21(13-14)25(3,23)24/h4-5,8-9,14,17H,6-7,10-13H2,1-3H3,(H,20,22). The van der Waals surface area contributed by atoms with Crippen molar-refractivity contribution in [1.82, 2.24) is 9.62 Å². The molecule has 0 bridgehead atoms. The number of hydrogen-bond donors (Lipinski definition) is 1. The van der Waals surface area contributed by atoms with E-state index in [0.717, 1.165) is 25.7 Å². The van der Waals surface area contributed by atoms with Crippen LogP contribution in [0.1, 0.15) is 56.7 Å². The molecule has 1 amide bonds. The van der Waals surface area contributed by atoms with Crippen LogP contribution in [0.15, 0.2) is 24.3 Å². The van der Waals surface area contributed by atoms with Crippen LogP contribution in [0.3, 0.4) is 0 Å². The minimum absolute atomic E-state index is 0.0188. The molecular formula is C19H28N2O3S. The summed E-state index contributed by atoms with van der Waals surface area (Å²) < 4.78 is 25.0. The van der Waals surface area contributed by atoms with Crippen molar-refractivity contribution >= 4 is 15.9 Å². The molecular weight excluding hydrogens is 336 g/mol. The summed E-state index contributed by atoms with van der Waals surface area (Å²) in [5.41, 5.74) is 2.62. The normalized spacial score (nSPS) is 26.7. The highest BCUT2D eigenvalue weighted by molar-refractivity contribution is 7.88. The van der Waals surface area contributed by atoms with Gasteiger partial charge in [-0.3, -0.25) is 4.79 Å². The van der Waals surface area contributed by atoms with Gasteiger partial charge in [0.1, 0.15) is 0 Å². The van der Waals surface area contributed by atoms with E-state index in [9.17, 15) is 13.2 Å². The zero-order valence-electron chi connectivity index (χ0n) is 15.3. The number of amides is 1. The van der Waals surface area contributed by atoms with Crippen LogP contribution < -0.4 is 5.32 Å². The summed E-state index contributed by atoms with van der Waals surface area (Å²) in [4.78, 5) is 12.8. The fraction of sp³-hybridized carbons (Fsp3) is 0.632. The van der Waals surface area contributed by atoms with Crippen molar-refractivity contribution in [2.45, 2.75) is 51.0 Å². The van der Waals surface area contributed by atoms with Crippen molar-refractivity contribution in [3.8, 4) is 0 Å². The van der Waals surface area contributed by atoms with Crippen molar-refractivity contribution in [2.75, 3.05) is 19.3 Å². The fourth-order valence-corrected chi connectivity index (χ4v) is 5.02. The molecule has 138 valence electrons. The number of rotatable bonds is 3. The van der Waals surface area contributed by atoms with E-state index >= 15 is 0 Å². The van der Waals surface area contributed by atoms with Crippen LogP contribution in [-0.2, 0) is 20.2 Å². The second-order valence-electron chi connectivity index (χ2n) is 8.03. The largest absolute Gasteiger partial charge is 0.349 e. The third-order valence-electron chi connectivity index (χ3n) is 5.66. The predicted octanol–water partition coefficient (Wildman–Crippen LogP) is 2.59. The van der Waals surface area contributed by atoms with E-state index in [1.807, 2.05) is 6.07 Å². The van der Waals surface area contributed by atoms with Gasteiger partial charge in [-0.25, -0.2) is 12.7 Å². The van der Waals surface area contributed by atoms with E-state index in [2.05, 4.69) is 37.4 Å². The maximum absolute atomic E-state index is 12.8. The van der Waals surface area contributed by atoms with E-state index in [1.165, 1.54) is 21.7 Å². The maximum Gasteiger partial charge on any atom is 0.224 e. The van der Waals surface area contributed by atoms with Crippen LogP contribution in [-0.4, -0.2) is 38.0 Å². The predicted molar refractivity (Wildman–Crippen MR) is 98.7 cm³/mol. The van der Waals surface area contributed by atoms with Crippen molar-refractivity contribution < 1.29 is 13.2 Å². The number of carbonyl (C=O) groups is 1. The quantitative estimate of drug-likeness (QED) is 0.896. The van der Waals surface area contributed by atoms with Crippen LogP contribution in [0.4, 0.5) is 0 Å². The smallest absolute Gasteiger partial charge is 0.224 e. The molecule has 5 nitrogen and oxygen atoms in total. The van der Waals surface area contributed by atoms with Crippen LogP contribution in [0.5, 0.6) is 0 Å². The topological polar surface area (TPSA) is 66.5 Å². The van der Waals surface area contributed by atoms with Crippen molar-refractivity contribution in [1.29, 1.82) is 0 Å². The molecule has 1 fully saturated rings. The SMILES string of the molecule is CC1(C)CCC(NC(=O)C2CCCN(S(C)(=O)=O)C2)c2ccccc21. The van der Waals surface area contributed by atoms with Gasteiger partial charge in [0, 0.05) is 13.1 Å². The lowest BCUT2D eigenvalue weighted by molar-refractivity contribution is -0.127. The van der Waals surface area contributed by atoms with Crippen LogP contribution >= 0.6 is 0 Å². The Kier molecular flexibility index (Phi) is 4.95. The highest BCUT2D eigenvalue weighted by Crippen LogP contribution is 2.41. The minimum atomic E-state index is -3.24. The van der Waals surface area contributed by atoms with Gasteiger partial charge < -0.3 is 5.32 Å². The van der Waals surface area contributed by atoms with Gasteiger partial charge in [0.25, 0.3) is 0 Å². The van der Waals surface area contributed by atoms with Gasteiger partial charge in [0.2, 0.25) is 15.9 Å². The molecule has 1 aromatic rings. The summed E-state index contributed by atoms with van der Waals surface area (Å²) in [6.45, 7) is 5.30. The molecule has 0 spiro atoms. The Bertz CT molecular complexity index is 758. The fourth-order valence-electron chi connectivity index (χ4n) is 4.11. The molecule has 2 unspecified atom stereocenters. The first-order valence-corrected chi connectivity index (χ1v) is 10.9. The number of nitrogens with zero attached hydrogens (tertiary/aromatic N) is 1. The zero-order valence-corrected chi connectivity index (χ0v) is 16.1. The molecule has 1 saturated heterocycles. The van der Waals surface area contributed by atoms with Crippen LogP contribution in [0.2, 0.25) is 0 Å². The number of carbonyl (C=O) groups excluding carboxylic acids is 1. The van der Waals surface area contributed by atoms with Crippen LogP contribution in [0, 0.1) is 5.92 Å². The minimum Gasteiger partial charge on any atom is -0.349 e. The Morgan fingerprint density at radius 2 is 1.96 bits per heavy atom. The lowest BCUT2D eigenvalue weighted by Gasteiger charge is -2.38. The highest BCUT2D eigenvalue weighted by Gasteiger charge is 2.35.